The molecule has 0 bridgehead atoms. The minimum atomic E-state index is -4.95. The molecule has 5 atom stereocenters. The Hall–Kier alpha value is -1.94. The van der Waals surface area contributed by atoms with Gasteiger partial charge < -0.3 is 33.8 Å². The summed E-state index contributed by atoms with van der Waals surface area (Å²) in [5, 5.41) is 10.6. The van der Waals surface area contributed by atoms with Crippen LogP contribution in [0.3, 0.4) is 0 Å². The summed E-state index contributed by atoms with van der Waals surface area (Å²) in [5.74, 6) is 0.137. The topological polar surface area (TPSA) is 237 Å². The summed E-state index contributed by atoms with van der Waals surface area (Å²) < 4.78 is 68.4. The maximum atomic E-state index is 13.1. The molecule has 92 heavy (non-hydrogen) atoms. The van der Waals surface area contributed by atoms with E-state index in [4.69, 9.17) is 37.0 Å². The highest BCUT2D eigenvalue weighted by Crippen LogP contribution is 2.45. The van der Waals surface area contributed by atoms with E-state index in [9.17, 15) is 43.2 Å². The van der Waals surface area contributed by atoms with Gasteiger partial charge in [-0.2, -0.15) is 0 Å². The number of hydrogen-bond acceptors (Lipinski definition) is 15. The lowest BCUT2D eigenvalue weighted by Gasteiger charge is -2.21. The molecule has 546 valence electrons. The van der Waals surface area contributed by atoms with E-state index < -0.39 is 97.5 Å². The second-order valence-corrected chi connectivity index (χ2v) is 30.7. The first-order valence-corrected chi connectivity index (χ1v) is 40.8. The van der Waals surface area contributed by atoms with Crippen molar-refractivity contribution in [2.75, 3.05) is 39.6 Å². The maximum Gasteiger partial charge on any atom is 0.472 e. The van der Waals surface area contributed by atoms with Crippen LogP contribution in [0.2, 0.25) is 0 Å². The Kier molecular flexibility index (Phi) is 62.4. The second kappa shape index (κ2) is 63.8. The molecule has 3 N–H and O–H groups in total. The first-order chi connectivity index (χ1) is 44.2. The van der Waals surface area contributed by atoms with Crippen LogP contribution >= 0.6 is 15.6 Å². The SMILES string of the molecule is CCCCCCCCCCCCCCC(=O)O[C@H](COC(=O)CCCCCCCCCC(C)C)COP(=O)(O)OC[C@H](O)COP(=O)(O)OC[C@@H](COC(=O)CCCCCCCCCCCCC(C)C)OC(=O)CCCCCCCCCCCCCCCCC(C)C. The summed E-state index contributed by atoms with van der Waals surface area (Å²) in [4.78, 5) is 72.7. The Morgan fingerprint density at radius 1 is 0.293 bits per heavy atom. The highest BCUT2D eigenvalue weighted by Gasteiger charge is 2.30. The van der Waals surface area contributed by atoms with Crippen molar-refractivity contribution in [1.29, 1.82) is 0 Å². The van der Waals surface area contributed by atoms with Crippen LogP contribution in [-0.2, 0) is 65.4 Å². The minimum absolute atomic E-state index is 0.106. The molecule has 0 saturated heterocycles. The molecule has 2 unspecified atom stereocenters. The molecule has 0 amide bonds. The molecule has 0 aliphatic carbocycles. The van der Waals surface area contributed by atoms with E-state index >= 15 is 0 Å². The summed E-state index contributed by atoms with van der Waals surface area (Å²) in [6, 6.07) is 0. The number of rotatable bonds is 71. The monoisotopic (exact) mass is 1350 g/mol. The van der Waals surface area contributed by atoms with Crippen LogP contribution in [0.25, 0.3) is 0 Å². The van der Waals surface area contributed by atoms with Gasteiger partial charge in [0.05, 0.1) is 26.4 Å². The largest absolute Gasteiger partial charge is 0.472 e. The summed E-state index contributed by atoms with van der Waals surface area (Å²) in [6.07, 6.45) is 48.6. The van der Waals surface area contributed by atoms with E-state index in [0.29, 0.717) is 31.6 Å². The predicted octanol–water partition coefficient (Wildman–Crippen LogP) is 21.0. The van der Waals surface area contributed by atoms with Gasteiger partial charge in [0.15, 0.2) is 12.2 Å². The van der Waals surface area contributed by atoms with E-state index in [1.165, 1.54) is 173 Å². The molecule has 0 aliphatic rings. The summed E-state index contributed by atoms with van der Waals surface area (Å²) in [7, 11) is -9.91. The molecular formula is C73H142O17P2. The predicted molar refractivity (Wildman–Crippen MR) is 372 cm³/mol. The van der Waals surface area contributed by atoms with Gasteiger partial charge in [0.1, 0.15) is 19.3 Å². The highest BCUT2D eigenvalue weighted by atomic mass is 31.2. The number of phosphoric acid groups is 2. The number of phosphoric ester groups is 2. The molecule has 0 aromatic rings. The fraction of sp³-hybridized carbons (Fsp3) is 0.945. The first-order valence-electron chi connectivity index (χ1n) is 37.8. The van der Waals surface area contributed by atoms with Crippen LogP contribution in [0.15, 0.2) is 0 Å². The van der Waals surface area contributed by atoms with E-state index in [2.05, 4.69) is 48.5 Å². The van der Waals surface area contributed by atoms with Crippen LogP contribution in [0.4, 0.5) is 0 Å². The molecule has 0 aliphatic heterocycles. The zero-order valence-corrected chi connectivity index (χ0v) is 61.8. The maximum absolute atomic E-state index is 13.1. The van der Waals surface area contributed by atoms with Crippen molar-refractivity contribution in [2.24, 2.45) is 17.8 Å². The molecule has 17 nitrogen and oxygen atoms in total. The lowest BCUT2D eigenvalue weighted by molar-refractivity contribution is -0.161. The third kappa shape index (κ3) is 66.7. The number of hydrogen-bond donors (Lipinski definition) is 3. The van der Waals surface area contributed by atoms with Crippen LogP contribution in [0.1, 0.15) is 370 Å². The Balaban J connectivity index is 5.25. The molecule has 0 aromatic carbocycles. The second-order valence-electron chi connectivity index (χ2n) is 27.8. The van der Waals surface area contributed by atoms with Gasteiger partial charge in [-0.1, -0.05) is 318 Å². The van der Waals surface area contributed by atoms with Crippen LogP contribution in [0, 0.1) is 17.8 Å². The van der Waals surface area contributed by atoms with Gasteiger partial charge in [-0.05, 0) is 43.4 Å². The zero-order chi connectivity index (χ0) is 68.0. The molecule has 0 aromatic heterocycles. The van der Waals surface area contributed by atoms with Gasteiger partial charge >= 0.3 is 39.5 Å². The van der Waals surface area contributed by atoms with E-state index in [0.717, 1.165) is 108 Å². The fourth-order valence-electron chi connectivity index (χ4n) is 11.1. The Morgan fingerprint density at radius 2 is 0.500 bits per heavy atom. The average molecular weight is 1350 g/mol. The minimum Gasteiger partial charge on any atom is -0.462 e. The van der Waals surface area contributed by atoms with E-state index in [1.807, 2.05) is 0 Å². The van der Waals surface area contributed by atoms with Gasteiger partial charge in [-0.15, -0.1) is 0 Å². The number of aliphatic hydroxyl groups excluding tert-OH is 1. The van der Waals surface area contributed by atoms with Crippen molar-refractivity contribution in [3.8, 4) is 0 Å². The van der Waals surface area contributed by atoms with Crippen LogP contribution < -0.4 is 0 Å². The van der Waals surface area contributed by atoms with Crippen molar-refractivity contribution >= 4 is 39.5 Å². The van der Waals surface area contributed by atoms with Gasteiger partial charge in [-0.3, -0.25) is 37.3 Å². The van der Waals surface area contributed by atoms with Crippen molar-refractivity contribution < 1.29 is 80.2 Å². The van der Waals surface area contributed by atoms with Crippen molar-refractivity contribution in [3.63, 3.8) is 0 Å². The fourth-order valence-corrected chi connectivity index (χ4v) is 12.7. The summed E-state index contributed by atoms with van der Waals surface area (Å²) >= 11 is 0. The molecule has 19 heteroatoms. The molecule has 0 heterocycles. The van der Waals surface area contributed by atoms with Crippen LogP contribution in [-0.4, -0.2) is 96.7 Å². The lowest BCUT2D eigenvalue weighted by Crippen LogP contribution is -2.30. The quantitative estimate of drug-likeness (QED) is 0.0222. The average Bonchev–Trinajstić information content (AvgIpc) is 2.44. The normalized spacial score (nSPS) is 14.1. The molecule has 0 saturated carbocycles. The Labute approximate surface area is 562 Å². The van der Waals surface area contributed by atoms with Crippen LogP contribution in [0.5, 0.6) is 0 Å². The molecule has 0 radical (unpaired) electrons. The number of ether oxygens (including phenoxy) is 4. The third-order valence-corrected chi connectivity index (χ3v) is 18.8. The van der Waals surface area contributed by atoms with Gasteiger partial charge in [0.25, 0.3) is 0 Å². The van der Waals surface area contributed by atoms with Gasteiger partial charge in [0, 0.05) is 25.7 Å². The molecule has 0 fully saturated rings. The number of carbonyl (C=O) groups is 4. The van der Waals surface area contributed by atoms with E-state index in [1.54, 1.807) is 0 Å². The number of aliphatic hydroxyl groups is 1. The Bertz CT molecular complexity index is 1800. The van der Waals surface area contributed by atoms with Gasteiger partial charge in [0.2, 0.25) is 0 Å². The number of esters is 4. The zero-order valence-electron chi connectivity index (χ0n) is 60.0. The number of unbranched alkanes of at least 4 members (excludes halogenated alkanes) is 39. The summed E-state index contributed by atoms with van der Waals surface area (Å²) in [6.45, 7) is 11.8. The Morgan fingerprint density at radius 3 is 0.739 bits per heavy atom. The smallest absolute Gasteiger partial charge is 0.462 e. The molecule has 0 spiro atoms. The summed E-state index contributed by atoms with van der Waals surface area (Å²) in [5.41, 5.74) is 0. The molecule has 0 rings (SSSR count). The standard InChI is InChI=1S/C73H142O17P2/c1-8-9-10-11-12-13-14-20-27-34-42-49-56-72(77)90-69(61-84-71(76)55-48-41-36-29-32-39-46-53-66(6)7)63-88-92(81,82)86-59-67(74)58-85-91(79,80)87-62-68(60-83-70(75)54-47-40-33-26-23-22-25-31-38-45-52-65(4)5)89-73(78)57-50-43-35-28-21-18-16-15-17-19-24-30-37-44-51-64(2)3/h64-69,74H,8-63H2,1-7H3,(H,79,80)(H,81,82)/t67-,68-,69-/m1/s1. The first kappa shape index (κ1) is 90.1. The molecular weight excluding hydrogens is 1210 g/mol. The lowest BCUT2D eigenvalue weighted by atomic mass is 10.0. The van der Waals surface area contributed by atoms with E-state index in [-0.39, 0.29) is 25.7 Å². The van der Waals surface area contributed by atoms with Gasteiger partial charge in [-0.25, -0.2) is 9.13 Å². The highest BCUT2D eigenvalue weighted by molar-refractivity contribution is 7.47. The third-order valence-electron chi connectivity index (χ3n) is 16.9. The van der Waals surface area contributed by atoms with Crippen molar-refractivity contribution in [2.45, 2.75) is 388 Å². The van der Waals surface area contributed by atoms with Crippen molar-refractivity contribution in [1.82, 2.24) is 0 Å². The number of carbonyl (C=O) groups excluding carboxylic acids is 4. The van der Waals surface area contributed by atoms with Crippen molar-refractivity contribution in [3.05, 3.63) is 0 Å².